The van der Waals surface area contributed by atoms with Crippen LogP contribution < -0.4 is 5.46 Å². The zero-order chi connectivity index (χ0) is 15.0. The lowest BCUT2D eigenvalue weighted by atomic mass is 9.76. The maximum Gasteiger partial charge on any atom is 0.495 e. The molecule has 0 fully saturated rings. The number of aryl methyl sites for hydroxylation is 1. The highest BCUT2D eigenvalue weighted by Gasteiger charge is 2.40. The Balaban J connectivity index is 2.93. The summed E-state index contributed by atoms with van der Waals surface area (Å²) in [4.78, 5) is 0. The molecule has 0 saturated heterocycles. The minimum Gasteiger partial charge on any atom is -0.466 e. The molecule has 1 heterocycles. The van der Waals surface area contributed by atoms with Gasteiger partial charge in [0.2, 0.25) is 0 Å². The average molecular weight is 268 g/mol. The molecule has 0 aliphatic rings. The highest BCUT2D eigenvalue weighted by molar-refractivity contribution is 6.60. The molecule has 1 aromatic rings. The van der Waals surface area contributed by atoms with Crippen LogP contribution in [-0.4, -0.2) is 28.5 Å². The highest BCUT2D eigenvalue weighted by Crippen LogP contribution is 2.26. The Morgan fingerprint density at radius 1 is 1.26 bits per heavy atom. The van der Waals surface area contributed by atoms with Gasteiger partial charge in [-0.25, -0.2) is 0 Å². The zero-order valence-electron chi connectivity index (χ0n) is 12.9. The van der Waals surface area contributed by atoms with Crippen LogP contribution in [0.4, 0.5) is 0 Å². The summed E-state index contributed by atoms with van der Waals surface area (Å²) in [5, 5.41) is 20.2. The van der Waals surface area contributed by atoms with Crippen molar-refractivity contribution in [1.29, 1.82) is 0 Å². The first kappa shape index (κ1) is 16.3. The third-order valence-electron chi connectivity index (χ3n) is 3.69. The standard InChI is InChI=1S/C14H25BO4/c1-9(2)12-8-11(10(3)18-12)15(17)19-14(6,7)13(4,5)16/h8-9,16-17H,1-7H3. The molecule has 108 valence electrons. The van der Waals surface area contributed by atoms with Gasteiger partial charge in [-0.1, -0.05) is 13.8 Å². The van der Waals surface area contributed by atoms with Crippen LogP contribution in [0.1, 0.15) is 59.0 Å². The maximum absolute atomic E-state index is 10.2. The smallest absolute Gasteiger partial charge is 0.466 e. The second-order valence-electron chi connectivity index (χ2n) is 6.35. The van der Waals surface area contributed by atoms with E-state index in [9.17, 15) is 10.1 Å². The minimum atomic E-state index is -1.11. The summed E-state index contributed by atoms with van der Waals surface area (Å²) in [6.45, 7) is 12.6. The average Bonchev–Trinajstić information content (AvgIpc) is 2.57. The van der Waals surface area contributed by atoms with Crippen LogP contribution in [0.5, 0.6) is 0 Å². The van der Waals surface area contributed by atoms with Gasteiger partial charge in [-0.05, 0) is 40.7 Å². The fourth-order valence-electron chi connectivity index (χ4n) is 1.54. The molecular weight excluding hydrogens is 243 g/mol. The Hall–Kier alpha value is -0.775. The molecule has 0 aromatic carbocycles. The van der Waals surface area contributed by atoms with Crippen LogP contribution >= 0.6 is 0 Å². The molecule has 1 aromatic heterocycles. The third-order valence-corrected chi connectivity index (χ3v) is 3.69. The van der Waals surface area contributed by atoms with E-state index in [4.69, 9.17) is 9.07 Å². The predicted molar refractivity (Wildman–Crippen MR) is 76.6 cm³/mol. The lowest BCUT2D eigenvalue weighted by Crippen LogP contribution is -2.53. The van der Waals surface area contributed by atoms with Crippen molar-refractivity contribution in [2.75, 3.05) is 0 Å². The molecule has 5 heteroatoms. The van der Waals surface area contributed by atoms with Gasteiger partial charge < -0.3 is 19.2 Å². The molecule has 0 saturated carbocycles. The molecule has 0 aliphatic heterocycles. The van der Waals surface area contributed by atoms with E-state index in [1.54, 1.807) is 34.6 Å². The van der Waals surface area contributed by atoms with Crippen molar-refractivity contribution in [1.82, 2.24) is 0 Å². The van der Waals surface area contributed by atoms with Crippen molar-refractivity contribution in [3.8, 4) is 0 Å². The van der Waals surface area contributed by atoms with E-state index in [0.29, 0.717) is 11.2 Å². The van der Waals surface area contributed by atoms with Crippen molar-refractivity contribution >= 4 is 12.6 Å². The monoisotopic (exact) mass is 268 g/mol. The molecule has 1 rings (SSSR count). The fourth-order valence-corrected chi connectivity index (χ4v) is 1.54. The van der Waals surface area contributed by atoms with E-state index in [1.807, 2.05) is 19.9 Å². The number of furan rings is 1. The van der Waals surface area contributed by atoms with Gasteiger partial charge in [0.15, 0.2) is 0 Å². The number of aliphatic hydroxyl groups is 1. The first-order chi connectivity index (χ1) is 8.45. The van der Waals surface area contributed by atoms with E-state index < -0.39 is 18.3 Å². The molecule has 4 nitrogen and oxygen atoms in total. The van der Waals surface area contributed by atoms with Gasteiger partial charge in [-0.2, -0.15) is 0 Å². The topological polar surface area (TPSA) is 62.8 Å². The minimum absolute atomic E-state index is 0.252. The molecule has 0 atom stereocenters. The molecule has 19 heavy (non-hydrogen) atoms. The highest BCUT2D eigenvalue weighted by atomic mass is 16.5. The van der Waals surface area contributed by atoms with Gasteiger partial charge in [0.25, 0.3) is 0 Å². The lowest BCUT2D eigenvalue weighted by molar-refractivity contribution is -0.0982. The van der Waals surface area contributed by atoms with E-state index in [-0.39, 0.29) is 5.92 Å². The van der Waals surface area contributed by atoms with Crippen LogP contribution in [0.25, 0.3) is 0 Å². The quantitative estimate of drug-likeness (QED) is 0.801. The third kappa shape index (κ3) is 3.62. The summed E-state index contributed by atoms with van der Waals surface area (Å²) in [7, 11) is -1.11. The fraction of sp³-hybridized carbons (Fsp3) is 0.714. The molecule has 0 bridgehead atoms. The molecular formula is C14H25BO4. The van der Waals surface area contributed by atoms with Gasteiger partial charge in [-0.3, -0.25) is 0 Å². The van der Waals surface area contributed by atoms with E-state index in [2.05, 4.69) is 0 Å². The maximum atomic E-state index is 10.2. The Bertz CT molecular complexity index is 429. The lowest BCUT2D eigenvalue weighted by Gasteiger charge is -2.38. The van der Waals surface area contributed by atoms with Gasteiger partial charge in [-0.15, -0.1) is 0 Å². The van der Waals surface area contributed by atoms with Crippen LogP contribution in [0.3, 0.4) is 0 Å². The van der Waals surface area contributed by atoms with Crippen LogP contribution in [0.15, 0.2) is 10.5 Å². The van der Waals surface area contributed by atoms with Crippen LogP contribution in [0, 0.1) is 6.92 Å². The molecule has 0 spiro atoms. The number of hydrogen-bond acceptors (Lipinski definition) is 4. The Kier molecular flexibility index (Phi) is 4.55. The van der Waals surface area contributed by atoms with Crippen molar-refractivity contribution in [3.63, 3.8) is 0 Å². The van der Waals surface area contributed by atoms with E-state index in [0.717, 1.165) is 5.76 Å². The number of rotatable bonds is 5. The molecule has 0 unspecified atom stereocenters. The van der Waals surface area contributed by atoms with Crippen molar-refractivity contribution in [2.45, 2.75) is 65.6 Å². The molecule has 2 N–H and O–H groups in total. The van der Waals surface area contributed by atoms with Gasteiger partial charge in [0, 0.05) is 11.4 Å². The normalized spacial score (nSPS) is 13.2. The SMILES string of the molecule is Cc1oc(C(C)C)cc1B(O)OC(C)(C)C(C)(C)O. The Morgan fingerprint density at radius 3 is 2.16 bits per heavy atom. The molecule has 0 amide bonds. The predicted octanol–water partition coefficient (Wildman–Crippen LogP) is 1.97. The van der Waals surface area contributed by atoms with E-state index >= 15 is 0 Å². The summed E-state index contributed by atoms with van der Waals surface area (Å²) in [6, 6.07) is 1.81. The summed E-state index contributed by atoms with van der Waals surface area (Å²) in [6.07, 6.45) is 0. The van der Waals surface area contributed by atoms with Crippen LogP contribution in [0.2, 0.25) is 0 Å². The number of hydrogen-bond donors (Lipinski definition) is 2. The second kappa shape index (κ2) is 5.31. The van der Waals surface area contributed by atoms with Gasteiger partial charge in [0.1, 0.15) is 11.5 Å². The molecule has 0 aliphatic carbocycles. The van der Waals surface area contributed by atoms with Crippen molar-refractivity contribution in [2.24, 2.45) is 0 Å². The largest absolute Gasteiger partial charge is 0.495 e. The summed E-state index contributed by atoms with van der Waals surface area (Å²) in [5.41, 5.74) is -1.33. The van der Waals surface area contributed by atoms with Crippen LogP contribution in [-0.2, 0) is 4.65 Å². The van der Waals surface area contributed by atoms with Crippen molar-refractivity contribution < 1.29 is 19.2 Å². The molecule has 0 radical (unpaired) electrons. The summed E-state index contributed by atoms with van der Waals surface area (Å²) < 4.78 is 11.2. The van der Waals surface area contributed by atoms with E-state index in [1.165, 1.54) is 0 Å². The summed E-state index contributed by atoms with van der Waals surface area (Å²) >= 11 is 0. The second-order valence-corrected chi connectivity index (χ2v) is 6.35. The first-order valence-corrected chi connectivity index (χ1v) is 6.64. The Labute approximate surface area is 115 Å². The van der Waals surface area contributed by atoms with Gasteiger partial charge in [0.05, 0.1) is 11.2 Å². The van der Waals surface area contributed by atoms with Gasteiger partial charge >= 0.3 is 7.12 Å². The summed E-state index contributed by atoms with van der Waals surface area (Å²) in [5.74, 6) is 1.71. The first-order valence-electron chi connectivity index (χ1n) is 6.64. The van der Waals surface area contributed by atoms with Crippen molar-refractivity contribution in [3.05, 3.63) is 17.6 Å². The zero-order valence-corrected chi connectivity index (χ0v) is 12.9. The Morgan fingerprint density at radius 2 is 1.79 bits per heavy atom.